The third-order valence-electron chi connectivity index (χ3n) is 4.55. The van der Waals surface area contributed by atoms with Crippen LogP contribution in [0.4, 0.5) is 4.39 Å². The Balaban J connectivity index is 1.86. The summed E-state index contributed by atoms with van der Waals surface area (Å²) in [7, 11) is 1.58. The van der Waals surface area contributed by atoms with Crippen LogP contribution < -0.4 is 4.74 Å². The van der Waals surface area contributed by atoms with E-state index >= 15 is 0 Å². The number of hydrogen-bond acceptors (Lipinski definition) is 3. The van der Waals surface area contributed by atoms with Gasteiger partial charge in [0, 0.05) is 11.1 Å². The van der Waals surface area contributed by atoms with Crippen LogP contribution in [0, 0.1) is 5.82 Å². The van der Waals surface area contributed by atoms with E-state index in [1.807, 2.05) is 13.8 Å². The maximum absolute atomic E-state index is 14.1. The van der Waals surface area contributed by atoms with Gasteiger partial charge in [0.25, 0.3) is 5.91 Å². The van der Waals surface area contributed by atoms with Crippen molar-refractivity contribution in [2.45, 2.75) is 25.5 Å². The lowest BCUT2D eigenvalue weighted by Gasteiger charge is -2.45. The van der Waals surface area contributed by atoms with E-state index in [2.05, 4.69) is 0 Å². The zero-order chi connectivity index (χ0) is 18.0. The molecule has 1 fully saturated rings. The predicted octanol–water partition coefficient (Wildman–Crippen LogP) is 3.83. The van der Waals surface area contributed by atoms with E-state index in [0.29, 0.717) is 30.0 Å². The van der Waals surface area contributed by atoms with Gasteiger partial charge in [-0.3, -0.25) is 4.79 Å². The van der Waals surface area contributed by atoms with Crippen LogP contribution in [0.15, 0.2) is 48.5 Å². The average Bonchev–Trinajstić information content (AvgIpc) is 2.62. The number of rotatable bonds is 3. The first-order valence-corrected chi connectivity index (χ1v) is 8.24. The smallest absolute Gasteiger partial charge is 0.254 e. The molecule has 3 rings (SSSR count). The topological polar surface area (TPSA) is 38.8 Å². The number of benzene rings is 2. The molecule has 4 nitrogen and oxygen atoms in total. The van der Waals surface area contributed by atoms with Gasteiger partial charge in [0.2, 0.25) is 0 Å². The Kier molecular flexibility index (Phi) is 4.77. The molecule has 0 aliphatic carbocycles. The summed E-state index contributed by atoms with van der Waals surface area (Å²) in [6.07, 6.45) is -0.476. The van der Waals surface area contributed by atoms with Crippen LogP contribution in [-0.4, -0.2) is 36.6 Å². The number of morpholine rings is 1. The minimum absolute atomic E-state index is 0.0997. The zero-order valence-corrected chi connectivity index (χ0v) is 14.7. The summed E-state index contributed by atoms with van der Waals surface area (Å²) in [4.78, 5) is 14.8. The van der Waals surface area contributed by atoms with E-state index in [1.54, 1.807) is 54.5 Å². The summed E-state index contributed by atoms with van der Waals surface area (Å²) >= 11 is 0. The van der Waals surface area contributed by atoms with Crippen LogP contribution in [0.2, 0.25) is 0 Å². The van der Waals surface area contributed by atoms with Gasteiger partial charge in [-0.1, -0.05) is 18.2 Å². The number of carbonyl (C=O) groups excluding carboxylic acids is 1. The molecule has 5 heteroatoms. The van der Waals surface area contributed by atoms with E-state index in [1.165, 1.54) is 6.07 Å². The van der Waals surface area contributed by atoms with Crippen LogP contribution in [0.5, 0.6) is 5.75 Å². The van der Waals surface area contributed by atoms with Crippen molar-refractivity contribution in [2.24, 2.45) is 0 Å². The number of nitrogens with zero attached hydrogens (tertiary/aromatic N) is 1. The maximum atomic E-state index is 14.1. The van der Waals surface area contributed by atoms with Crippen molar-refractivity contribution in [3.8, 4) is 5.75 Å². The second-order valence-corrected chi connectivity index (χ2v) is 6.78. The molecule has 0 aromatic heterocycles. The predicted molar refractivity (Wildman–Crippen MR) is 93.2 cm³/mol. The highest BCUT2D eigenvalue weighted by atomic mass is 19.1. The van der Waals surface area contributed by atoms with Crippen molar-refractivity contribution in [2.75, 3.05) is 20.3 Å². The van der Waals surface area contributed by atoms with Gasteiger partial charge in [-0.15, -0.1) is 0 Å². The van der Waals surface area contributed by atoms with Crippen molar-refractivity contribution >= 4 is 5.91 Å². The summed E-state index contributed by atoms with van der Waals surface area (Å²) in [5.74, 6) is 0.281. The van der Waals surface area contributed by atoms with Gasteiger partial charge in [0.05, 0.1) is 25.8 Å². The van der Waals surface area contributed by atoms with Crippen molar-refractivity contribution in [3.63, 3.8) is 0 Å². The Morgan fingerprint density at radius 1 is 1.20 bits per heavy atom. The molecular formula is C20H22FNO3. The molecule has 0 bridgehead atoms. The molecule has 1 aliphatic heterocycles. The van der Waals surface area contributed by atoms with Crippen molar-refractivity contribution in [3.05, 3.63) is 65.5 Å². The zero-order valence-electron chi connectivity index (χ0n) is 14.7. The van der Waals surface area contributed by atoms with Gasteiger partial charge in [-0.05, 0) is 44.2 Å². The van der Waals surface area contributed by atoms with E-state index < -0.39 is 11.6 Å². The van der Waals surface area contributed by atoms with Gasteiger partial charge >= 0.3 is 0 Å². The summed E-state index contributed by atoms with van der Waals surface area (Å²) in [6, 6.07) is 13.5. The van der Waals surface area contributed by atoms with Gasteiger partial charge < -0.3 is 14.4 Å². The number of ether oxygens (including phenoxy) is 2. The second-order valence-electron chi connectivity index (χ2n) is 6.78. The van der Waals surface area contributed by atoms with Crippen LogP contribution >= 0.6 is 0 Å². The summed E-state index contributed by atoms with van der Waals surface area (Å²) in [5, 5.41) is 0. The lowest BCUT2D eigenvalue weighted by Crippen LogP contribution is -2.56. The molecule has 2 aromatic rings. The van der Waals surface area contributed by atoms with Crippen molar-refractivity contribution in [1.82, 2.24) is 4.90 Å². The summed E-state index contributed by atoms with van der Waals surface area (Å²) in [6.45, 7) is 4.55. The molecule has 1 saturated heterocycles. The van der Waals surface area contributed by atoms with E-state index in [0.717, 1.165) is 0 Å². The lowest BCUT2D eigenvalue weighted by molar-refractivity contribution is -0.0857. The van der Waals surface area contributed by atoms with Crippen LogP contribution in [0.25, 0.3) is 0 Å². The van der Waals surface area contributed by atoms with E-state index in [-0.39, 0.29) is 11.7 Å². The van der Waals surface area contributed by atoms with Crippen molar-refractivity contribution < 1.29 is 18.7 Å². The number of hydrogen-bond donors (Lipinski definition) is 0. The van der Waals surface area contributed by atoms with Crippen LogP contribution in [-0.2, 0) is 4.74 Å². The van der Waals surface area contributed by atoms with Gasteiger partial charge in [0.1, 0.15) is 17.7 Å². The van der Waals surface area contributed by atoms with Crippen molar-refractivity contribution in [1.29, 1.82) is 0 Å². The first-order chi connectivity index (χ1) is 11.9. The average molecular weight is 343 g/mol. The molecule has 0 N–H and O–H groups in total. The fraction of sp³-hybridized carbons (Fsp3) is 0.350. The Bertz CT molecular complexity index is 758. The molecule has 1 atom stereocenters. The fourth-order valence-electron chi connectivity index (χ4n) is 3.02. The number of methoxy groups -OCH3 is 1. The van der Waals surface area contributed by atoms with E-state index in [9.17, 15) is 9.18 Å². The minimum atomic E-state index is -0.476. The first kappa shape index (κ1) is 17.4. The SMILES string of the molecule is COc1ccc(C(=O)N2CC(c3ccccc3F)OCC2(C)C)cc1. The normalized spacial score (nSPS) is 19.5. The first-order valence-electron chi connectivity index (χ1n) is 8.24. The Morgan fingerprint density at radius 3 is 2.52 bits per heavy atom. The van der Waals surface area contributed by atoms with E-state index in [4.69, 9.17) is 9.47 Å². The highest BCUT2D eigenvalue weighted by Crippen LogP contribution is 2.32. The third kappa shape index (κ3) is 3.51. The summed E-state index contributed by atoms with van der Waals surface area (Å²) < 4.78 is 25.1. The molecule has 1 aliphatic rings. The fourth-order valence-corrected chi connectivity index (χ4v) is 3.02. The Hall–Kier alpha value is -2.40. The maximum Gasteiger partial charge on any atom is 0.254 e. The van der Waals surface area contributed by atoms with Gasteiger partial charge in [-0.25, -0.2) is 4.39 Å². The number of carbonyl (C=O) groups is 1. The van der Waals surface area contributed by atoms with Gasteiger partial charge in [-0.2, -0.15) is 0 Å². The molecule has 0 spiro atoms. The third-order valence-corrected chi connectivity index (χ3v) is 4.55. The highest BCUT2D eigenvalue weighted by Gasteiger charge is 2.39. The molecule has 0 radical (unpaired) electrons. The van der Waals surface area contributed by atoms with Crippen LogP contribution in [0.3, 0.4) is 0 Å². The largest absolute Gasteiger partial charge is 0.497 e. The molecule has 1 heterocycles. The van der Waals surface area contributed by atoms with Crippen LogP contribution in [0.1, 0.15) is 35.9 Å². The highest BCUT2D eigenvalue weighted by molar-refractivity contribution is 5.95. The summed E-state index contributed by atoms with van der Waals surface area (Å²) in [5.41, 5.74) is 0.576. The molecular weight excluding hydrogens is 321 g/mol. The Morgan fingerprint density at radius 2 is 1.88 bits per heavy atom. The standard InChI is InChI=1S/C20H22FNO3/c1-20(2)13-25-18(16-6-4-5-7-17(16)21)12-22(20)19(23)14-8-10-15(24-3)11-9-14/h4-11,18H,12-13H2,1-3H3. The minimum Gasteiger partial charge on any atom is -0.497 e. The molecule has 1 amide bonds. The molecule has 132 valence electrons. The molecule has 0 saturated carbocycles. The quantitative estimate of drug-likeness (QED) is 0.850. The Labute approximate surface area is 147 Å². The molecule has 2 aromatic carbocycles. The molecule has 1 unspecified atom stereocenters. The monoisotopic (exact) mass is 343 g/mol. The van der Waals surface area contributed by atoms with Gasteiger partial charge in [0.15, 0.2) is 0 Å². The number of halogens is 1. The number of amides is 1. The lowest BCUT2D eigenvalue weighted by atomic mass is 9.96. The second kappa shape index (κ2) is 6.84. The molecule has 25 heavy (non-hydrogen) atoms.